The highest BCUT2D eigenvalue weighted by molar-refractivity contribution is 7.99. The van der Waals surface area contributed by atoms with Crippen LogP contribution < -0.4 is 10.1 Å². The van der Waals surface area contributed by atoms with E-state index < -0.39 is 17.7 Å². The molecule has 2 rings (SSSR count). The Morgan fingerprint density at radius 2 is 1.84 bits per heavy atom. The van der Waals surface area contributed by atoms with Crippen LogP contribution in [0.1, 0.15) is 12.5 Å². The van der Waals surface area contributed by atoms with E-state index in [1.165, 1.54) is 25.1 Å². The van der Waals surface area contributed by atoms with Gasteiger partial charge in [0.15, 0.2) is 0 Å². The van der Waals surface area contributed by atoms with E-state index in [1.54, 1.807) is 12.1 Å². The number of carbonyl (C=O) groups excluding carboxylic acids is 2. The Morgan fingerprint density at radius 1 is 1.16 bits per heavy atom. The summed E-state index contributed by atoms with van der Waals surface area (Å²) < 4.78 is 42.4. The summed E-state index contributed by atoms with van der Waals surface area (Å²) in [4.78, 5) is 26.3. The summed E-state index contributed by atoms with van der Waals surface area (Å²) in [6.07, 6.45) is -3.73. The first-order valence-corrected chi connectivity index (χ1v) is 7.97. The van der Waals surface area contributed by atoms with Gasteiger partial charge >= 0.3 is 12.1 Å². The van der Waals surface area contributed by atoms with Gasteiger partial charge in [0.2, 0.25) is 5.91 Å². The van der Waals surface area contributed by atoms with Gasteiger partial charge in [-0.3, -0.25) is 9.59 Å². The number of thioether (sulfide) groups is 1. The monoisotopic (exact) mass is 370 g/mol. The van der Waals surface area contributed by atoms with E-state index in [-0.39, 0.29) is 16.7 Å². The highest BCUT2D eigenvalue weighted by Gasteiger charge is 2.30. The van der Waals surface area contributed by atoms with Crippen molar-refractivity contribution >= 4 is 29.3 Å². The molecule has 0 aliphatic rings. The number of carbonyl (C=O) groups is 2. The first-order valence-electron chi connectivity index (χ1n) is 6.98. The van der Waals surface area contributed by atoms with Gasteiger partial charge in [-0.2, -0.15) is 13.2 Å². The van der Waals surface area contributed by atoms with Crippen LogP contribution in [0.3, 0.4) is 0 Å². The van der Waals surface area contributed by atoms with Crippen molar-refractivity contribution in [3.63, 3.8) is 0 Å². The lowest BCUT2D eigenvalue weighted by Gasteiger charge is -2.07. The van der Waals surface area contributed by atoms with Gasteiger partial charge in [0, 0.05) is 18.8 Å². The second-order valence-corrected chi connectivity index (χ2v) is 5.85. The third kappa shape index (κ3) is 6.11. The first-order chi connectivity index (χ1) is 11.7. The standard InChI is InChI=1S/C16H13F3N2O3S/c1-10(22)21-12-3-5-13(6-4-12)24-15(23)9-25-14-7-2-11(8-20-14)16(17,18)19/h2-8H,9H2,1H3,(H,21,22). The quantitative estimate of drug-likeness (QED) is 0.493. The summed E-state index contributed by atoms with van der Waals surface area (Å²) in [5, 5.41) is 2.86. The third-order valence-electron chi connectivity index (χ3n) is 2.81. The van der Waals surface area contributed by atoms with E-state index in [9.17, 15) is 22.8 Å². The highest BCUT2D eigenvalue weighted by Crippen LogP contribution is 2.29. The fourth-order valence-electron chi connectivity index (χ4n) is 1.74. The minimum absolute atomic E-state index is 0.105. The largest absolute Gasteiger partial charge is 0.426 e. The number of amides is 1. The van der Waals surface area contributed by atoms with Crippen LogP contribution in [0.5, 0.6) is 5.75 Å². The molecule has 0 radical (unpaired) electrons. The molecule has 1 amide bonds. The summed E-state index contributed by atoms with van der Waals surface area (Å²) in [5.41, 5.74) is -0.283. The molecular weight excluding hydrogens is 357 g/mol. The Morgan fingerprint density at radius 3 is 2.36 bits per heavy atom. The molecule has 132 valence electrons. The van der Waals surface area contributed by atoms with Crippen LogP contribution in [-0.2, 0) is 15.8 Å². The van der Waals surface area contributed by atoms with E-state index in [4.69, 9.17) is 4.74 Å². The molecule has 0 unspecified atom stereocenters. The second-order valence-electron chi connectivity index (χ2n) is 4.85. The summed E-state index contributed by atoms with van der Waals surface area (Å²) >= 11 is 0.969. The van der Waals surface area contributed by atoms with Crippen LogP contribution in [-0.4, -0.2) is 22.6 Å². The molecule has 0 saturated heterocycles. The molecule has 0 aliphatic heterocycles. The molecule has 0 aliphatic carbocycles. The normalized spacial score (nSPS) is 11.0. The number of benzene rings is 1. The molecule has 0 bridgehead atoms. The lowest BCUT2D eigenvalue weighted by Crippen LogP contribution is -2.11. The van der Waals surface area contributed by atoms with E-state index in [1.807, 2.05) is 0 Å². The van der Waals surface area contributed by atoms with Crippen molar-refractivity contribution in [3.05, 3.63) is 48.2 Å². The van der Waals surface area contributed by atoms with Gasteiger partial charge in [-0.1, -0.05) is 11.8 Å². The number of esters is 1. The number of nitrogens with one attached hydrogen (secondary N) is 1. The Balaban J connectivity index is 1.85. The third-order valence-corrected chi connectivity index (χ3v) is 3.73. The molecule has 0 saturated carbocycles. The van der Waals surface area contributed by atoms with Gasteiger partial charge in [0.1, 0.15) is 5.75 Å². The van der Waals surface area contributed by atoms with Crippen molar-refractivity contribution in [3.8, 4) is 5.75 Å². The van der Waals surface area contributed by atoms with Gasteiger partial charge in [-0.05, 0) is 36.4 Å². The van der Waals surface area contributed by atoms with Crippen LogP contribution in [0.4, 0.5) is 18.9 Å². The zero-order valence-corrected chi connectivity index (χ0v) is 13.8. The summed E-state index contributed by atoms with van der Waals surface area (Å²) in [7, 11) is 0. The number of hydrogen-bond acceptors (Lipinski definition) is 5. The van der Waals surface area contributed by atoms with Gasteiger partial charge in [-0.15, -0.1) is 0 Å². The number of nitrogens with zero attached hydrogens (tertiary/aromatic N) is 1. The molecule has 1 aromatic carbocycles. The predicted molar refractivity (Wildman–Crippen MR) is 86.3 cm³/mol. The fraction of sp³-hybridized carbons (Fsp3) is 0.188. The number of anilines is 1. The van der Waals surface area contributed by atoms with Gasteiger partial charge in [0.25, 0.3) is 0 Å². The van der Waals surface area contributed by atoms with Crippen LogP contribution >= 0.6 is 11.8 Å². The number of halogens is 3. The number of ether oxygens (including phenoxy) is 1. The maximum atomic E-state index is 12.4. The average Bonchev–Trinajstić information content (AvgIpc) is 2.54. The lowest BCUT2D eigenvalue weighted by molar-refractivity contribution is -0.138. The minimum atomic E-state index is -4.45. The van der Waals surface area contributed by atoms with Crippen LogP contribution in [0, 0.1) is 0 Å². The molecule has 1 heterocycles. The SMILES string of the molecule is CC(=O)Nc1ccc(OC(=O)CSc2ccc(C(F)(F)F)cn2)cc1. The first kappa shape index (κ1) is 18.8. The van der Waals surface area contributed by atoms with E-state index in [0.717, 1.165) is 17.8 Å². The molecular formula is C16H13F3N2O3S. The Hall–Kier alpha value is -2.55. The molecule has 1 N–H and O–H groups in total. The molecule has 9 heteroatoms. The van der Waals surface area contributed by atoms with Gasteiger partial charge in [-0.25, -0.2) is 4.98 Å². The Labute approximate surface area is 145 Å². The van der Waals surface area contributed by atoms with E-state index in [0.29, 0.717) is 17.6 Å². The van der Waals surface area contributed by atoms with E-state index in [2.05, 4.69) is 10.3 Å². The average molecular weight is 370 g/mol. The zero-order valence-electron chi connectivity index (χ0n) is 13.0. The summed E-state index contributed by atoms with van der Waals surface area (Å²) in [6.45, 7) is 1.38. The molecule has 0 atom stereocenters. The fourth-order valence-corrected chi connectivity index (χ4v) is 2.35. The van der Waals surface area contributed by atoms with Crippen molar-refractivity contribution in [1.82, 2.24) is 4.98 Å². The molecule has 25 heavy (non-hydrogen) atoms. The van der Waals surface area contributed by atoms with Crippen molar-refractivity contribution in [2.75, 3.05) is 11.1 Å². The number of alkyl halides is 3. The predicted octanol–water partition coefficient (Wildman–Crippen LogP) is 3.76. The molecule has 1 aromatic heterocycles. The Bertz CT molecular complexity index is 747. The minimum Gasteiger partial charge on any atom is -0.426 e. The number of rotatable bonds is 5. The molecule has 2 aromatic rings. The van der Waals surface area contributed by atoms with Crippen molar-refractivity contribution < 1.29 is 27.5 Å². The van der Waals surface area contributed by atoms with Crippen LogP contribution in [0.15, 0.2) is 47.6 Å². The smallest absolute Gasteiger partial charge is 0.417 e. The summed E-state index contributed by atoms with van der Waals surface area (Å²) in [5.74, 6) is -0.601. The maximum Gasteiger partial charge on any atom is 0.417 e. The molecule has 0 spiro atoms. The van der Waals surface area contributed by atoms with Crippen molar-refractivity contribution in [2.24, 2.45) is 0 Å². The molecule has 5 nitrogen and oxygen atoms in total. The highest BCUT2D eigenvalue weighted by atomic mass is 32.2. The Kier molecular flexibility index (Phi) is 6.02. The lowest BCUT2D eigenvalue weighted by atomic mass is 10.3. The second kappa shape index (κ2) is 8.02. The molecule has 0 fully saturated rings. The number of aromatic nitrogens is 1. The van der Waals surface area contributed by atoms with Gasteiger partial charge in [0.05, 0.1) is 16.3 Å². The van der Waals surface area contributed by atoms with Crippen molar-refractivity contribution in [2.45, 2.75) is 18.1 Å². The van der Waals surface area contributed by atoms with Crippen LogP contribution in [0.25, 0.3) is 0 Å². The zero-order chi connectivity index (χ0) is 18.4. The van der Waals surface area contributed by atoms with Crippen molar-refractivity contribution in [1.29, 1.82) is 0 Å². The topological polar surface area (TPSA) is 68.3 Å². The number of pyridine rings is 1. The summed E-state index contributed by atoms with van der Waals surface area (Å²) in [6, 6.07) is 8.29. The maximum absolute atomic E-state index is 12.4. The van der Waals surface area contributed by atoms with Crippen LogP contribution in [0.2, 0.25) is 0 Å². The van der Waals surface area contributed by atoms with Gasteiger partial charge < -0.3 is 10.1 Å². The van der Waals surface area contributed by atoms with E-state index >= 15 is 0 Å². The number of hydrogen-bond donors (Lipinski definition) is 1.